The minimum absolute atomic E-state index is 0.00636. The lowest BCUT2D eigenvalue weighted by Gasteiger charge is -2.22. The number of benzene rings is 1. The molecule has 1 aliphatic heterocycles. The molecule has 0 spiro atoms. The molecule has 2 amide bonds. The van der Waals surface area contributed by atoms with Crippen molar-refractivity contribution >= 4 is 18.0 Å². The number of carboxylic acid groups (broad SMARTS) is 1. The molecule has 144 valence electrons. The van der Waals surface area contributed by atoms with Crippen LogP contribution in [0, 0.1) is 11.8 Å². The van der Waals surface area contributed by atoms with E-state index in [9.17, 15) is 14.4 Å². The fourth-order valence-corrected chi connectivity index (χ4v) is 2.73. The summed E-state index contributed by atoms with van der Waals surface area (Å²) in [6.07, 6.45) is 1.59. The fraction of sp³-hybridized carbons (Fsp3) is 0.450. The summed E-state index contributed by atoms with van der Waals surface area (Å²) in [7, 11) is 0. The highest BCUT2D eigenvalue weighted by molar-refractivity contribution is 5.79. The molecule has 0 bridgehead atoms. The predicted molar refractivity (Wildman–Crippen MR) is 98.6 cm³/mol. The first-order chi connectivity index (χ1) is 13.1. The molecular weight excluding hydrogens is 348 g/mol. The summed E-state index contributed by atoms with van der Waals surface area (Å²) in [6.45, 7) is 0.785. The first kappa shape index (κ1) is 20.3. The summed E-state index contributed by atoms with van der Waals surface area (Å²) < 4.78 is 5.24. The van der Waals surface area contributed by atoms with E-state index in [1.165, 1.54) is 0 Å². The third-order valence-corrected chi connectivity index (χ3v) is 4.21. The van der Waals surface area contributed by atoms with Gasteiger partial charge in [0.25, 0.3) is 0 Å². The van der Waals surface area contributed by atoms with Crippen LogP contribution in [-0.2, 0) is 20.9 Å². The topological polar surface area (TPSA) is 95.9 Å². The molecule has 0 radical (unpaired) electrons. The van der Waals surface area contributed by atoms with Gasteiger partial charge in [0, 0.05) is 25.8 Å². The maximum absolute atomic E-state index is 12.0. The van der Waals surface area contributed by atoms with Crippen molar-refractivity contribution in [3.63, 3.8) is 0 Å². The SMILES string of the molecule is O=C(O)CCCC#CCN1C(=O)CCC1COC(=O)NCc1ccccc1. The Balaban J connectivity index is 1.71. The second-order valence-electron chi connectivity index (χ2n) is 6.25. The van der Waals surface area contributed by atoms with E-state index in [2.05, 4.69) is 17.2 Å². The summed E-state index contributed by atoms with van der Waals surface area (Å²) in [5.41, 5.74) is 0.977. The van der Waals surface area contributed by atoms with Gasteiger partial charge in [-0.05, 0) is 18.4 Å². The molecule has 27 heavy (non-hydrogen) atoms. The summed E-state index contributed by atoms with van der Waals surface area (Å²) >= 11 is 0. The van der Waals surface area contributed by atoms with Gasteiger partial charge in [0.1, 0.15) is 6.61 Å². The number of carbonyl (C=O) groups is 3. The normalized spacial score (nSPS) is 15.8. The molecule has 2 rings (SSSR count). The number of hydrogen-bond donors (Lipinski definition) is 2. The van der Waals surface area contributed by atoms with E-state index in [1.807, 2.05) is 30.3 Å². The number of rotatable bonds is 8. The summed E-state index contributed by atoms with van der Waals surface area (Å²) in [5.74, 6) is 4.94. The lowest BCUT2D eigenvalue weighted by molar-refractivity contribution is -0.137. The van der Waals surface area contributed by atoms with Crippen molar-refractivity contribution < 1.29 is 24.2 Å². The number of amides is 2. The van der Waals surface area contributed by atoms with E-state index < -0.39 is 12.1 Å². The molecule has 1 unspecified atom stereocenters. The van der Waals surface area contributed by atoms with Crippen LogP contribution in [0.2, 0.25) is 0 Å². The van der Waals surface area contributed by atoms with Gasteiger partial charge in [0.15, 0.2) is 0 Å². The molecule has 0 aromatic heterocycles. The quantitative estimate of drug-likeness (QED) is 0.538. The average molecular weight is 372 g/mol. The van der Waals surface area contributed by atoms with Crippen molar-refractivity contribution in [3.05, 3.63) is 35.9 Å². The maximum Gasteiger partial charge on any atom is 0.407 e. The highest BCUT2D eigenvalue weighted by atomic mass is 16.5. The van der Waals surface area contributed by atoms with Gasteiger partial charge in [-0.2, -0.15) is 0 Å². The molecule has 1 saturated heterocycles. The second kappa shape index (κ2) is 10.9. The Morgan fingerprint density at radius 1 is 1.26 bits per heavy atom. The summed E-state index contributed by atoms with van der Waals surface area (Å²) in [4.78, 5) is 35.9. The Labute approximate surface area is 158 Å². The van der Waals surface area contributed by atoms with E-state index in [-0.39, 0.29) is 31.5 Å². The number of aliphatic carboxylic acids is 1. The molecule has 1 fully saturated rings. The molecule has 0 aliphatic carbocycles. The maximum atomic E-state index is 12.0. The van der Waals surface area contributed by atoms with Crippen LogP contribution in [0.5, 0.6) is 0 Å². The standard InChI is InChI=1S/C20H24N2O5/c23-18-12-11-17(22(18)13-7-2-1-6-10-19(24)25)15-27-20(26)21-14-16-8-4-3-5-9-16/h3-5,8-9,17H,1,6,10-15H2,(H,21,26)(H,24,25). The Hall–Kier alpha value is -3.01. The Kier molecular flexibility index (Phi) is 8.17. The van der Waals surface area contributed by atoms with Crippen LogP contribution in [-0.4, -0.2) is 47.2 Å². The predicted octanol–water partition coefficient (Wildman–Crippen LogP) is 2.16. The van der Waals surface area contributed by atoms with E-state index in [1.54, 1.807) is 4.90 Å². The lowest BCUT2D eigenvalue weighted by Crippen LogP contribution is -2.38. The third kappa shape index (κ3) is 7.40. The molecule has 2 N–H and O–H groups in total. The minimum atomic E-state index is -0.839. The molecule has 1 aromatic carbocycles. The highest BCUT2D eigenvalue weighted by Crippen LogP contribution is 2.18. The van der Waals surface area contributed by atoms with Gasteiger partial charge in [-0.3, -0.25) is 9.59 Å². The van der Waals surface area contributed by atoms with Crippen molar-refractivity contribution in [1.82, 2.24) is 10.2 Å². The summed E-state index contributed by atoms with van der Waals surface area (Å²) in [6, 6.07) is 9.34. The van der Waals surface area contributed by atoms with Crippen LogP contribution in [0.4, 0.5) is 4.79 Å². The van der Waals surface area contributed by atoms with Crippen LogP contribution in [0.15, 0.2) is 30.3 Å². The number of alkyl carbamates (subject to hydrolysis) is 1. The molecule has 0 saturated carbocycles. The molecule has 1 aromatic rings. The van der Waals surface area contributed by atoms with Crippen LogP contribution in [0.1, 0.15) is 37.7 Å². The van der Waals surface area contributed by atoms with Crippen LogP contribution >= 0.6 is 0 Å². The van der Waals surface area contributed by atoms with Gasteiger partial charge in [-0.15, -0.1) is 5.92 Å². The smallest absolute Gasteiger partial charge is 0.407 e. The van der Waals surface area contributed by atoms with Gasteiger partial charge in [-0.25, -0.2) is 4.79 Å². The van der Waals surface area contributed by atoms with Crippen molar-refractivity contribution in [2.75, 3.05) is 13.2 Å². The van der Waals surface area contributed by atoms with Crippen molar-refractivity contribution in [2.24, 2.45) is 0 Å². The number of carbonyl (C=O) groups excluding carboxylic acids is 2. The zero-order valence-corrected chi connectivity index (χ0v) is 15.1. The van der Waals surface area contributed by atoms with Gasteiger partial charge >= 0.3 is 12.1 Å². The van der Waals surface area contributed by atoms with Crippen molar-refractivity contribution in [2.45, 2.75) is 44.7 Å². The zero-order valence-electron chi connectivity index (χ0n) is 15.1. The molecule has 7 heteroatoms. The molecule has 1 heterocycles. The van der Waals surface area contributed by atoms with Crippen LogP contribution in [0.25, 0.3) is 0 Å². The van der Waals surface area contributed by atoms with E-state index in [0.717, 1.165) is 5.56 Å². The fourth-order valence-electron chi connectivity index (χ4n) is 2.73. The monoisotopic (exact) mass is 372 g/mol. The highest BCUT2D eigenvalue weighted by Gasteiger charge is 2.31. The van der Waals surface area contributed by atoms with E-state index >= 15 is 0 Å². The third-order valence-electron chi connectivity index (χ3n) is 4.21. The molecule has 7 nitrogen and oxygen atoms in total. The molecular formula is C20H24N2O5. The van der Waals surface area contributed by atoms with Gasteiger partial charge in [0.05, 0.1) is 12.6 Å². The number of likely N-dealkylation sites (tertiary alicyclic amines) is 1. The van der Waals surface area contributed by atoms with Crippen LogP contribution in [0.3, 0.4) is 0 Å². The first-order valence-electron chi connectivity index (χ1n) is 8.98. The van der Waals surface area contributed by atoms with Gasteiger partial charge in [0.2, 0.25) is 5.91 Å². The minimum Gasteiger partial charge on any atom is -0.481 e. The number of nitrogens with one attached hydrogen (secondary N) is 1. The van der Waals surface area contributed by atoms with E-state index in [4.69, 9.17) is 9.84 Å². The summed E-state index contributed by atoms with van der Waals surface area (Å²) in [5, 5.41) is 11.3. The van der Waals surface area contributed by atoms with Gasteiger partial charge < -0.3 is 20.1 Å². The van der Waals surface area contributed by atoms with Crippen molar-refractivity contribution in [3.8, 4) is 11.8 Å². The van der Waals surface area contributed by atoms with Crippen molar-refractivity contribution in [1.29, 1.82) is 0 Å². The number of ether oxygens (including phenoxy) is 1. The van der Waals surface area contributed by atoms with Crippen LogP contribution < -0.4 is 5.32 Å². The molecule has 1 atom stereocenters. The first-order valence-corrected chi connectivity index (χ1v) is 8.98. The Bertz CT molecular complexity index is 708. The largest absolute Gasteiger partial charge is 0.481 e. The Morgan fingerprint density at radius 2 is 2.04 bits per heavy atom. The van der Waals surface area contributed by atoms with Gasteiger partial charge in [-0.1, -0.05) is 36.3 Å². The average Bonchev–Trinajstić information content (AvgIpc) is 3.01. The molecule has 1 aliphatic rings. The number of unbranched alkanes of at least 4 members (excludes halogenated alkanes) is 1. The number of hydrogen-bond acceptors (Lipinski definition) is 4. The number of nitrogens with zero attached hydrogens (tertiary/aromatic N) is 1. The Morgan fingerprint density at radius 3 is 2.78 bits per heavy atom. The zero-order chi connectivity index (χ0) is 19.5. The lowest BCUT2D eigenvalue weighted by atomic mass is 10.2. The second-order valence-corrected chi connectivity index (χ2v) is 6.25. The van der Waals surface area contributed by atoms with E-state index in [0.29, 0.717) is 32.2 Å². The number of carboxylic acids is 1.